The number of hydrogen-bond donors (Lipinski definition) is 1. The Balaban J connectivity index is 0.000000157. The van der Waals surface area contributed by atoms with Gasteiger partial charge in [0.25, 0.3) is 0 Å². The standard InChI is InChI=1S/C17H24O2.C14H14.C10H14O/c1-4-17(2,3)16(18)19-15-12-8-6-10-13-9-5-7-11-14(13)15;1-9-10(2)13-8-4-6-11-5-3-7-12(9)14(11)13;1-3-8(2)9-4-6-10(11)7-5-9/h5,7,9,11,15H,4,6,8,10,12H2,1-3H3;3-10H,1-2H3;4-8,11H,3H2,1-2H3. The van der Waals surface area contributed by atoms with Crippen LogP contribution in [0, 0.1) is 5.41 Å². The van der Waals surface area contributed by atoms with Crippen molar-refractivity contribution in [3.8, 4) is 5.75 Å². The first kappa shape index (κ1) is 33.3. The lowest BCUT2D eigenvalue weighted by Crippen LogP contribution is -2.27. The lowest BCUT2D eigenvalue weighted by molar-refractivity contribution is -0.160. The minimum Gasteiger partial charge on any atom is -0.508 e. The Morgan fingerprint density at radius 1 is 0.841 bits per heavy atom. The molecule has 0 aromatic heterocycles. The summed E-state index contributed by atoms with van der Waals surface area (Å²) in [5, 5.41) is 11.9. The number of aryl methyl sites for hydroxylation is 1. The van der Waals surface area contributed by atoms with E-state index in [-0.39, 0.29) is 17.5 Å². The van der Waals surface area contributed by atoms with Crippen LogP contribution in [0.4, 0.5) is 0 Å². The third kappa shape index (κ3) is 7.73. The van der Waals surface area contributed by atoms with Gasteiger partial charge in [0.15, 0.2) is 0 Å². The average Bonchev–Trinajstić information content (AvgIpc) is 3.17. The van der Waals surface area contributed by atoms with E-state index in [1.165, 1.54) is 45.0 Å². The molecule has 4 atom stereocenters. The van der Waals surface area contributed by atoms with Gasteiger partial charge in [0.1, 0.15) is 11.9 Å². The molecular formula is C41H52O3. The van der Waals surface area contributed by atoms with E-state index >= 15 is 0 Å². The molecular weight excluding hydrogens is 540 g/mol. The number of carbonyl (C=O) groups is 1. The molecule has 0 radical (unpaired) electrons. The van der Waals surface area contributed by atoms with Crippen molar-refractivity contribution in [2.75, 3.05) is 0 Å². The Labute approximate surface area is 265 Å². The first-order chi connectivity index (χ1) is 21.1. The molecule has 4 unspecified atom stereocenters. The predicted molar refractivity (Wildman–Crippen MR) is 184 cm³/mol. The maximum absolute atomic E-state index is 12.3. The number of esters is 1. The van der Waals surface area contributed by atoms with Crippen LogP contribution >= 0.6 is 0 Å². The van der Waals surface area contributed by atoms with E-state index in [4.69, 9.17) is 9.84 Å². The fourth-order valence-corrected chi connectivity index (χ4v) is 6.17. The third-order valence-corrected chi connectivity index (χ3v) is 10.0. The number of benzene rings is 4. The van der Waals surface area contributed by atoms with Gasteiger partial charge in [0.05, 0.1) is 5.41 Å². The Morgan fingerprint density at radius 3 is 2.02 bits per heavy atom. The number of hydrogen-bond acceptors (Lipinski definition) is 3. The van der Waals surface area contributed by atoms with Gasteiger partial charge in [-0.15, -0.1) is 0 Å². The van der Waals surface area contributed by atoms with E-state index in [9.17, 15) is 4.79 Å². The van der Waals surface area contributed by atoms with Gasteiger partial charge in [-0.1, -0.05) is 107 Å². The summed E-state index contributed by atoms with van der Waals surface area (Å²) in [7, 11) is 0. The number of phenolic OH excluding ortho intramolecular Hbond substituents is 1. The molecule has 3 nitrogen and oxygen atoms in total. The quantitative estimate of drug-likeness (QED) is 0.185. The van der Waals surface area contributed by atoms with Crippen LogP contribution in [0.25, 0.3) is 10.8 Å². The zero-order valence-corrected chi connectivity index (χ0v) is 27.9. The summed E-state index contributed by atoms with van der Waals surface area (Å²) in [4.78, 5) is 12.3. The zero-order valence-electron chi connectivity index (χ0n) is 27.9. The topological polar surface area (TPSA) is 46.5 Å². The highest BCUT2D eigenvalue weighted by molar-refractivity contribution is 5.92. The van der Waals surface area contributed by atoms with Crippen LogP contribution in [-0.4, -0.2) is 11.1 Å². The molecule has 234 valence electrons. The lowest BCUT2D eigenvalue weighted by Gasteiger charge is -2.25. The summed E-state index contributed by atoms with van der Waals surface area (Å²) in [5.41, 5.74) is 6.52. The molecule has 0 heterocycles. The summed E-state index contributed by atoms with van der Waals surface area (Å²) in [5.74, 6) is 2.22. The maximum atomic E-state index is 12.3. The molecule has 0 saturated carbocycles. The number of carbonyl (C=O) groups excluding carboxylic acids is 1. The molecule has 4 aromatic carbocycles. The minimum atomic E-state index is -0.388. The molecule has 0 spiro atoms. The second-order valence-corrected chi connectivity index (χ2v) is 13.3. The molecule has 0 aliphatic heterocycles. The van der Waals surface area contributed by atoms with Gasteiger partial charge in [-0.3, -0.25) is 4.79 Å². The highest BCUT2D eigenvalue weighted by Crippen LogP contribution is 2.45. The van der Waals surface area contributed by atoms with Gasteiger partial charge in [0, 0.05) is 0 Å². The largest absolute Gasteiger partial charge is 0.508 e. The summed E-state index contributed by atoms with van der Waals surface area (Å²) >= 11 is 0. The number of ether oxygens (including phenoxy) is 1. The maximum Gasteiger partial charge on any atom is 0.312 e. The van der Waals surface area contributed by atoms with E-state index in [1.54, 1.807) is 12.1 Å². The van der Waals surface area contributed by atoms with Gasteiger partial charge in [-0.25, -0.2) is 0 Å². The molecule has 3 heteroatoms. The molecule has 1 N–H and O–H groups in total. The summed E-state index contributed by atoms with van der Waals surface area (Å²) in [6, 6.07) is 29.1. The minimum absolute atomic E-state index is 0.0583. The molecule has 0 fully saturated rings. The molecule has 2 aliphatic rings. The van der Waals surface area contributed by atoms with Crippen LogP contribution in [0.3, 0.4) is 0 Å². The van der Waals surface area contributed by atoms with Crippen molar-refractivity contribution in [2.24, 2.45) is 5.41 Å². The highest BCUT2D eigenvalue weighted by atomic mass is 16.5. The van der Waals surface area contributed by atoms with Crippen LogP contribution in [0.15, 0.2) is 84.9 Å². The van der Waals surface area contributed by atoms with Crippen molar-refractivity contribution < 1.29 is 14.6 Å². The third-order valence-electron chi connectivity index (χ3n) is 10.0. The summed E-state index contributed by atoms with van der Waals surface area (Å²) in [6.45, 7) is 15.0. The van der Waals surface area contributed by atoms with E-state index in [0.29, 0.717) is 23.5 Å². The van der Waals surface area contributed by atoms with E-state index in [0.717, 1.165) is 32.1 Å². The molecule has 0 saturated heterocycles. The van der Waals surface area contributed by atoms with Gasteiger partial charge >= 0.3 is 5.97 Å². The normalized spacial score (nSPS) is 19.4. The van der Waals surface area contributed by atoms with Gasteiger partial charge < -0.3 is 9.84 Å². The Hall–Kier alpha value is -3.59. The van der Waals surface area contributed by atoms with Crippen LogP contribution in [0.2, 0.25) is 0 Å². The van der Waals surface area contributed by atoms with Crippen LogP contribution < -0.4 is 0 Å². The summed E-state index contributed by atoms with van der Waals surface area (Å²) < 4.78 is 5.81. The van der Waals surface area contributed by atoms with Crippen molar-refractivity contribution in [3.63, 3.8) is 0 Å². The molecule has 0 amide bonds. The van der Waals surface area contributed by atoms with Crippen LogP contribution in [0.5, 0.6) is 5.75 Å². The van der Waals surface area contributed by atoms with E-state index < -0.39 is 0 Å². The smallest absolute Gasteiger partial charge is 0.312 e. The zero-order chi connectivity index (χ0) is 31.9. The van der Waals surface area contributed by atoms with Crippen molar-refractivity contribution in [1.29, 1.82) is 0 Å². The van der Waals surface area contributed by atoms with Gasteiger partial charge in [-0.05, 0) is 121 Å². The fourth-order valence-electron chi connectivity index (χ4n) is 6.17. The van der Waals surface area contributed by atoms with Gasteiger partial charge in [-0.2, -0.15) is 0 Å². The van der Waals surface area contributed by atoms with Crippen LogP contribution in [-0.2, 0) is 16.0 Å². The fraction of sp³-hybridized carbons (Fsp3) is 0.439. The highest BCUT2D eigenvalue weighted by Gasteiger charge is 2.31. The number of rotatable bonds is 5. The first-order valence-corrected chi connectivity index (χ1v) is 16.7. The van der Waals surface area contributed by atoms with Crippen LogP contribution in [0.1, 0.15) is 132 Å². The van der Waals surface area contributed by atoms with Crippen molar-refractivity contribution in [1.82, 2.24) is 0 Å². The number of aromatic hydroxyl groups is 1. The second-order valence-electron chi connectivity index (χ2n) is 13.3. The van der Waals surface area contributed by atoms with E-state index in [2.05, 4.69) is 82.3 Å². The van der Waals surface area contributed by atoms with Crippen molar-refractivity contribution in [2.45, 2.75) is 111 Å². The van der Waals surface area contributed by atoms with Crippen molar-refractivity contribution in [3.05, 3.63) is 113 Å². The first-order valence-electron chi connectivity index (χ1n) is 16.7. The van der Waals surface area contributed by atoms with E-state index in [1.807, 2.05) is 39.0 Å². The lowest BCUT2D eigenvalue weighted by atomic mass is 9.90. The Bertz CT molecular complexity index is 1470. The van der Waals surface area contributed by atoms with Crippen molar-refractivity contribution >= 4 is 16.7 Å². The monoisotopic (exact) mass is 592 g/mol. The molecule has 44 heavy (non-hydrogen) atoms. The SMILES string of the molecule is CC1c2cccc3cccc(c23)C1C.CCC(C)(C)C(=O)OC1CCCCc2ccccc21.CCC(C)c1ccc(O)cc1. The molecule has 4 aromatic rings. The summed E-state index contributed by atoms with van der Waals surface area (Å²) in [6.07, 6.45) is 6.24. The molecule has 6 rings (SSSR count). The Morgan fingerprint density at radius 2 is 1.43 bits per heavy atom. The second kappa shape index (κ2) is 14.9. The number of fused-ring (bicyclic) bond motifs is 1. The van der Waals surface area contributed by atoms with Gasteiger partial charge in [0.2, 0.25) is 0 Å². The Kier molecular flexibility index (Phi) is 11.3. The molecule has 0 bridgehead atoms. The number of phenols is 1. The predicted octanol–water partition coefficient (Wildman–Crippen LogP) is 11.4. The average molecular weight is 593 g/mol. The molecule has 2 aliphatic carbocycles.